The zero-order chi connectivity index (χ0) is 21.1. The molecule has 0 saturated carbocycles. The van der Waals surface area contributed by atoms with Crippen molar-refractivity contribution in [1.29, 1.82) is 0 Å². The average Bonchev–Trinajstić information content (AvgIpc) is 2.60. The van der Waals surface area contributed by atoms with Crippen LogP contribution in [-0.2, 0) is 16.4 Å². The van der Waals surface area contributed by atoms with Gasteiger partial charge in [0.25, 0.3) is 0 Å². The summed E-state index contributed by atoms with van der Waals surface area (Å²) in [5.74, 6) is 0.617. The summed E-state index contributed by atoms with van der Waals surface area (Å²) in [6, 6.07) is 10.5. The number of Topliss-reactive ketones (excluding diaryl/α,β-unsaturated/α-hetero) is 1. The lowest BCUT2D eigenvalue weighted by Crippen LogP contribution is -2.31. The molecule has 0 aliphatic heterocycles. The van der Waals surface area contributed by atoms with Gasteiger partial charge >= 0.3 is 6.18 Å². The van der Waals surface area contributed by atoms with Crippen molar-refractivity contribution < 1.29 is 18.0 Å². The minimum absolute atomic E-state index is 0.114. The van der Waals surface area contributed by atoms with Crippen molar-refractivity contribution in [3.8, 4) is 0 Å². The second-order valence-corrected chi connectivity index (χ2v) is 8.57. The van der Waals surface area contributed by atoms with E-state index in [-0.39, 0.29) is 5.78 Å². The van der Waals surface area contributed by atoms with E-state index >= 15 is 0 Å². The van der Waals surface area contributed by atoms with Crippen molar-refractivity contribution in [1.82, 2.24) is 0 Å². The number of hydrogen-bond acceptors (Lipinski definition) is 2. The van der Waals surface area contributed by atoms with Crippen LogP contribution >= 0.6 is 15.9 Å². The quantitative estimate of drug-likeness (QED) is 0.468. The Kier molecular flexibility index (Phi) is 6.97. The normalized spacial score (nSPS) is 14.0. The molecular formula is C22H25BrF3NO. The maximum Gasteiger partial charge on any atom is 0.416 e. The Labute approximate surface area is 172 Å². The van der Waals surface area contributed by atoms with Gasteiger partial charge in [0.1, 0.15) is 5.78 Å². The number of hydrogen-bond donors (Lipinski definition) is 1. The summed E-state index contributed by atoms with van der Waals surface area (Å²) in [6.45, 7) is 7.84. The van der Waals surface area contributed by atoms with Gasteiger partial charge in [0.2, 0.25) is 0 Å². The number of rotatable bonds is 7. The first kappa shape index (κ1) is 22.5. The summed E-state index contributed by atoms with van der Waals surface area (Å²) in [5, 5.41) is 3.11. The highest BCUT2D eigenvalue weighted by Gasteiger charge is 2.32. The summed E-state index contributed by atoms with van der Waals surface area (Å²) in [5.41, 5.74) is 0.939. The van der Waals surface area contributed by atoms with Gasteiger partial charge in [0.05, 0.1) is 16.7 Å². The monoisotopic (exact) mass is 455 g/mol. The molecule has 2 aromatic rings. The first-order chi connectivity index (χ1) is 12.9. The van der Waals surface area contributed by atoms with Crippen molar-refractivity contribution >= 4 is 33.1 Å². The van der Waals surface area contributed by atoms with Crippen molar-refractivity contribution in [2.24, 2.45) is 5.92 Å². The molecule has 0 bridgehead atoms. The molecule has 0 fully saturated rings. The fourth-order valence-corrected chi connectivity index (χ4v) is 3.44. The predicted molar refractivity (Wildman–Crippen MR) is 111 cm³/mol. The topological polar surface area (TPSA) is 29.1 Å². The molecule has 6 heteroatoms. The molecule has 2 aromatic carbocycles. The average molecular weight is 456 g/mol. The van der Waals surface area contributed by atoms with Crippen LogP contribution in [0.2, 0.25) is 0 Å². The van der Waals surface area contributed by atoms with Crippen LogP contribution in [0.5, 0.6) is 0 Å². The maximum absolute atomic E-state index is 12.7. The lowest BCUT2D eigenvalue weighted by Gasteiger charge is -2.29. The van der Waals surface area contributed by atoms with E-state index in [1.807, 2.05) is 25.1 Å². The number of anilines is 2. The Bertz CT molecular complexity index is 831. The van der Waals surface area contributed by atoms with Crippen LogP contribution in [0.1, 0.15) is 51.7 Å². The minimum atomic E-state index is -4.35. The van der Waals surface area contributed by atoms with Gasteiger partial charge in [-0.1, -0.05) is 19.9 Å². The van der Waals surface area contributed by atoms with Crippen molar-refractivity contribution in [2.75, 3.05) is 5.32 Å². The number of alkyl halides is 3. The number of halogens is 4. The number of nitrogens with one attached hydrogen (secondary N) is 1. The Hall–Kier alpha value is -1.82. The summed E-state index contributed by atoms with van der Waals surface area (Å²) in [6.07, 6.45) is -2.65. The molecule has 0 radical (unpaired) electrons. The van der Waals surface area contributed by atoms with Gasteiger partial charge in [-0.3, -0.25) is 4.79 Å². The van der Waals surface area contributed by atoms with E-state index in [1.165, 1.54) is 12.1 Å². The van der Waals surface area contributed by atoms with Gasteiger partial charge in [-0.05, 0) is 90.5 Å². The fraction of sp³-hybridized carbons (Fsp3) is 0.409. The van der Waals surface area contributed by atoms with E-state index in [9.17, 15) is 18.0 Å². The third-order valence-corrected chi connectivity index (χ3v) is 5.75. The molecule has 1 N–H and O–H groups in total. The lowest BCUT2D eigenvalue weighted by molar-refractivity contribution is -0.137. The highest BCUT2D eigenvalue weighted by Crippen LogP contribution is 2.37. The first-order valence-electron chi connectivity index (χ1n) is 9.19. The van der Waals surface area contributed by atoms with Crippen LogP contribution in [-0.4, -0.2) is 5.78 Å². The predicted octanol–water partition coefficient (Wildman–Crippen LogP) is 7.49. The van der Waals surface area contributed by atoms with Gasteiger partial charge in [0, 0.05) is 10.2 Å². The summed E-state index contributed by atoms with van der Waals surface area (Å²) >= 11 is 3.52. The van der Waals surface area contributed by atoms with Crippen LogP contribution < -0.4 is 5.32 Å². The second kappa shape index (κ2) is 8.68. The molecule has 28 heavy (non-hydrogen) atoms. The number of carbonyl (C=O) groups excluding carboxylic acids is 1. The van der Waals surface area contributed by atoms with E-state index in [0.717, 1.165) is 40.7 Å². The van der Waals surface area contributed by atoms with Gasteiger partial charge < -0.3 is 5.32 Å². The smallest absolute Gasteiger partial charge is 0.355 e. The highest BCUT2D eigenvalue weighted by atomic mass is 79.9. The Morgan fingerprint density at radius 2 is 1.64 bits per heavy atom. The van der Waals surface area contributed by atoms with Gasteiger partial charge in [0.15, 0.2) is 0 Å². The molecule has 1 atom stereocenters. The molecule has 0 amide bonds. The third-order valence-electron chi connectivity index (χ3n) is 5.10. The van der Waals surface area contributed by atoms with Crippen LogP contribution in [0.15, 0.2) is 46.9 Å². The third kappa shape index (κ3) is 5.37. The van der Waals surface area contributed by atoms with Crippen LogP contribution in [0.25, 0.3) is 0 Å². The molecule has 0 saturated heterocycles. The van der Waals surface area contributed by atoms with Crippen molar-refractivity contribution in [3.63, 3.8) is 0 Å². The van der Waals surface area contributed by atoms with Crippen LogP contribution in [0.4, 0.5) is 24.5 Å². The fourth-order valence-electron chi connectivity index (χ4n) is 2.96. The first-order valence-corrected chi connectivity index (χ1v) is 9.98. The van der Waals surface area contributed by atoms with Gasteiger partial charge in [-0.2, -0.15) is 13.2 Å². The Balaban J connectivity index is 2.24. The molecule has 0 aliphatic rings. The van der Waals surface area contributed by atoms with Gasteiger partial charge in [-0.15, -0.1) is 0 Å². The molecule has 2 nitrogen and oxygen atoms in total. The highest BCUT2D eigenvalue weighted by molar-refractivity contribution is 9.10. The summed E-state index contributed by atoms with van der Waals surface area (Å²) < 4.78 is 38.8. The largest absolute Gasteiger partial charge is 0.416 e. The van der Waals surface area contributed by atoms with Crippen LogP contribution in [0.3, 0.4) is 0 Å². The molecule has 1 unspecified atom stereocenters. The Morgan fingerprint density at radius 3 is 2.11 bits per heavy atom. The molecule has 0 heterocycles. The van der Waals surface area contributed by atoms with E-state index in [0.29, 0.717) is 11.6 Å². The van der Waals surface area contributed by atoms with E-state index < -0.39 is 17.2 Å². The molecule has 2 rings (SSSR count). The second-order valence-electron chi connectivity index (χ2n) is 7.72. The zero-order valence-corrected chi connectivity index (χ0v) is 18.0. The van der Waals surface area contributed by atoms with Crippen LogP contribution in [0, 0.1) is 5.92 Å². The number of ketones is 1. The summed E-state index contributed by atoms with van der Waals surface area (Å²) in [7, 11) is 0. The minimum Gasteiger partial charge on any atom is -0.355 e. The maximum atomic E-state index is 12.7. The lowest BCUT2D eigenvalue weighted by atomic mass is 9.74. The van der Waals surface area contributed by atoms with E-state index in [1.54, 1.807) is 6.92 Å². The number of carbonyl (C=O) groups is 1. The molecular weight excluding hydrogens is 431 g/mol. The molecule has 0 aromatic heterocycles. The van der Waals surface area contributed by atoms with Crippen molar-refractivity contribution in [3.05, 3.63) is 58.1 Å². The van der Waals surface area contributed by atoms with Crippen molar-refractivity contribution in [2.45, 2.75) is 52.1 Å². The van der Waals surface area contributed by atoms with E-state index in [2.05, 4.69) is 35.1 Å². The summed E-state index contributed by atoms with van der Waals surface area (Å²) in [4.78, 5) is 12.4. The zero-order valence-electron chi connectivity index (χ0n) is 16.5. The van der Waals surface area contributed by atoms with Gasteiger partial charge in [-0.25, -0.2) is 0 Å². The Morgan fingerprint density at radius 1 is 1.07 bits per heavy atom. The van der Waals surface area contributed by atoms with E-state index in [4.69, 9.17) is 0 Å². The number of benzene rings is 2. The standard InChI is InChI=1S/C22H25BrF3NO/c1-14(2)11-12-21(4,15(3)28)17-7-10-20(19(23)13-17)27-18-8-5-16(6-9-18)22(24,25)26/h5-10,13-14,27H,11-12H2,1-4H3. The molecule has 152 valence electrons. The molecule has 0 aliphatic carbocycles. The SMILES string of the molecule is CC(=O)C(C)(CCC(C)C)c1ccc(Nc2ccc(C(F)(F)F)cc2)c(Br)c1. The molecule has 0 spiro atoms.